The Morgan fingerprint density at radius 3 is 2.42 bits per heavy atom. The van der Waals surface area contributed by atoms with Crippen LogP contribution in [0.25, 0.3) is 11.8 Å². The Bertz CT molecular complexity index is 2200. The van der Waals surface area contributed by atoms with Gasteiger partial charge >= 0.3 is 5.97 Å². The third kappa shape index (κ3) is 6.65. The van der Waals surface area contributed by atoms with Gasteiger partial charge in [0.2, 0.25) is 0 Å². The molecule has 8 nitrogen and oxygen atoms in total. The molecule has 1 aliphatic heterocycles. The molecule has 1 atom stereocenters. The fourth-order valence-corrected chi connectivity index (χ4v) is 7.20. The molecule has 5 aromatic rings. The van der Waals surface area contributed by atoms with Crippen LogP contribution in [0.4, 0.5) is 4.39 Å². The Labute approximate surface area is 293 Å². The van der Waals surface area contributed by atoms with Crippen molar-refractivity contribution in [1.82, 2.24) is 4.57 Å². The van der Waals surface area contributed by atoms with Crippen molar-refractivity contribution in [2.24, 2.45) is 4.99 Å². The van der Waals surface area contributed by atoms with Gasteiger partial charge in [-0.1, -0.05) is 72.0 Å². The van der Waals surface area contributed by atoms with Gasteiger partial charge in [-0.2, -0.15) is 0 Å². The maximum atomic E-state index is 14.3. The van der Waals surface area contributed by atoms with Gasteiger partial charge in [0.15, 0.2) is 16.3 Å². The highest BCUT2D eigenvalue weighted by Gasteiger charge is 2.35. The second kappa shape index (κ2) is 14.6. The molecule has 0 radical (unpaired) electrons. The number of hydrogen-bond acceptors (Lipinski definition) is 8. The van der Waals surface area contributed by atoms with Crippen LogP contribution in [0.5, 0.6) is 17.2 Å². The van der Waals surface area contributed by atoms with Gasteiger partial charge in [0.1, 0.15) is 18.2 Å². The van der Waals surface area contributed by atoms with Crippen molar-refractivity contribution >= 4 is 51.7 Å². The van der Waals surface area contributed by atoms with Crippen LogP contribution < -0.4 is 29.1 Å². The average molecular weight is 777 g/mol. The number of fused-ring (bicyclic) bond motifs is 1. The number of carbonyl (C=O) groups excluding carboxylic acids is 1. The van der Waals surface area contributed by atoms with Gasteiger partial charge in [-0.3, -0.25) is 9.36 Å². The van der Waals surface area contributed by atoms with E-state index in [2.05, 4.69) is 22.6 Å². The molecule has 0 saturated carbocycles. The lowest BCUT2D eigenvalue weighted by Crippen LogP contribution is -2.40. The number of rotatable bonds is 10. The van der Waals surface area contributed by atoms with Crippen LogP contribution in [0.2, 0.25) is 0 Å². The van der Waals surface area contributed by atoms with Crippen LogP contribution in [-0.2, 0) is 16.1 Å². The van der Waals surface area contributed by atoms with Crippen LogP contribution in [-0.4, -0.2) is 31.4 Å². The summed E-state index contributed by atoms with van der Waals surface area (Å²) in [5, 5.41) is 0. The van der Waals surface area contributed by atoms with Crippen molar-refractivity contribution in [3.05, 3.63) is 148 Å². The lowest BCUT2D eigenvalue weighted by molar-refractivity contribution is -0.138. The van der Waals surface area contributed by atoms with Gasteiger partial charge < -0.3 is 18.9 Å². The monoisotopic (exact) mass is 776 g/mol. The Balaban J connectivity index is 1.50. The molecule has 1 aromatic heterocycles. The standard InChI is InChI=1S/C37H30FIN2O6S/c1-4-46-36(43)31-32(23-10-6-5-7-11-23)40-37-41(33(31)24-14-16-26(44-2)17-15-24)35(42)30(48-37)20-22-18-28(39)34(29(19-22)45-3)47-21-25-12-8-9-13-27(25)38/h5-20,33H,4,21H2,1-3H3/b30-20-/t33-/m0/s1. The first-order valence-electron chi connectivity index (χ1n) is 15.0. The largest absolute Gasteiger partial charge is 0.497 e. The molecular weight excluding hydrogens is 746 g/mol. The smallest absolute Gasteiger partial charge is 0.338 e. The molecule has 1 aliphatic rings. The van der Waals surface area contributed by atoms with Gasteiger partial charge in [-0.25, -0.2) is 14.2 Å². The summed E-state index contributed by atoms with van der Waals surface area (Å²) in [6.07, 6.45) is 1.76. The van der Waals surface area contributed by atoms with E-state index >= 15 is 0 Å². The van der Waals surface area contributed by atoms with Crippen LogP contribution in [0.15, 0.2) is 106 Å². The number of nitrogens with zero attached hydrogens (tertiary/aromatic N) is 2. The summed E-state index contributed by atoms with van der Waals surface area (Å²) in [5.41, 5.74) is 2.92. The molecule has 0 amide bonds. The number of carbonyl (C=O) groups is 1. The molecule has 0 saturated heterocycles. The molecule has 0 spiro atoms. The normalized spacial score (nSPS) is 14.3. The van der Waals surface area contributed by atoms with Crippen LogP contribution in [0.1, 0.15) is 35.2 Å². The number of hydrogen-bond donors (Lipinski definition) is 0. The average Bonchev–Trinajstić information content (AvgIpc) is 3.41. The second-order valence-electron chi connectivity index (χ2n) is 10.6. The molecular formula is C37H30FIN2O6S. The predicted octanol–water partition coefficient (Wildman–Crippen LogP) is 6.28. The zero-order valence-electron chi connectivity index (χ0n) is 26.2. The van der Waals surface area contributed by atoms with E-state index in [1.54, 1.807) is 61.1 Å². The second-order valence-corrected chi connectivity index (χ2v) is 12.8. The minimum Gasteiger partial charge on any atom is -0.497 e. The van der Waals surface area contributed by atoms with Crippen molar-refractivity contribution in [2.75, 3.05) is 20.8 Å². The molecule has 2 heterocycles. The zero-order valence-corrected chi connectivity index (χ0v) is 29.2. The highest BCUT2D eigenvalue weighted by molar-refractivity contribution is 14.1. The highest BCUT2D eigenvalue weighted by Crippen LogP contribution is 2.37. The molecule has 0 N–H and O–H groups in total. The van der Waals surface area contributed by atoms with E-state index in [0.29, 0.717) is 49.0 Å². The summed E-state index contributed by atoms with van der Waals surface area (Å²) in [6.45, 7) is 1.92. The summed E-state index contributed by atoms with van der Waals surface area (Å²) >= 11 is 3.35. The summed E-state index contributed by atoms with van der Waals surface area (Å²) in [6, 6.07) is 25.9. The number of ether oxygens (including phenoxy) is 4. The van der Waals surface area contributed by atoms with Crippen molar-refractivity contribution < 1.29 is 28.1 Å². The van der Waals surface area contributed by atoms with Gasteiger partial charge in [0.25, 0.3) is 5.56 Å². The van der Waals surface area contributed by atoms with Gasteiger partial charge in [-0.05, 0) is 77.0 Å². The molecule has 0 bridgehead atoms. The van der Waals surface area contributed by atoms with E-state index < -0.39 is 12.0 Å². The van der Waals surface area contributed by atoms with Gasteiger partial charge in [-0.15, -0.1) is 0 Å². The molecule has 6 rings (SSSR count). The van der Waals surface area contributed by atoms with Crippen LogP contribution >= 0.6 is 33.9 Å². The Morgan fingerprint density at radius 2 is 1.73 bits per heavy atom. The number of thiazole rings is 1. The fraction of sp³-hybridized carbons (Fsp3) is 0.162. The molecule has 48 heavy (non-hydrogen) atoms. The third-order valence-corrected chi connectivity index (χ3v) is 9.47. The SMILES string of the molecule is CCOC(=O)C1=C(c2ccccc2)N=c2s/c(=C\c3cc(I)c(OCc4ccccc4F)c(OC)c3)c(=O)n2[C@H]1c1ccc(OC)cc1. The first-order chi connectivity index (χ1) is 23.3. The number of aromatic nitrogens is 1. The lowest BCUT2D eigenvalue weighted by Gasteiger charge is -2.26. The highest BCUT2D eigenvalue weighted by atomic mass is 127. The number of methoxy groups -OCH3 is 2. The first kappa shape index (κ1) is 33.2. The van der Waals surface area contributed by atoms with E-state index in [4.69, 9.17) is 23.9 Å². The van der Waals surface area contributed by atoms with E-state index in [1.165, 1.54) is 24.5 Å². The number of halogens is 2. The quantitative estimate of drug-likeness (QED) is 0.123. The molecule has 0 unspecified atom stereocenters. The van der Waals surface area contributed by atoms with Crippen molar-refractivity contribution in [3.63, 3.8) is 0 Å². The van der Waals surface area contributed by atoms with E-state index in [0.717, 1.165) is 9.13 Å². The van der Waals surface area contributed by atoms with E-state index in [9.17, 15) is 14.0 Å². The Morgan fingerprint density at radius 1 is 1.00 bits per heavy atom. The Kier molecular flexibility index (Phi) is 10.1. The minimum atomic E-state index is -0.813. The zero-order chi connectivity index (χ0) is 33.8. The van der Waals surface area contributed by atoms with E-state index in [-0.39, 0.29) is 30.2 Å². The third-order valence-electron chi connectivity index (χ3n) is 7.68. The molecule has 11 heteroatoms. The summed E-state index contributed by atoms with van der Waals surface area (Å²) in [7, 11) is 3.10. The molecule has 244 valence electrons. The van der Waals surface area contributed by atoms with Crippen molar-refractivity contribution in [1.29, 1.82) is 0 Å². The number of benzene rings is 4. The maximum Gasteiger partial charge on any atom is 0.338 e. The van der Waals surface area contributed by atoms with Crippen LogP contribution in [0, 0.1) is 9.39 Å². The fourth-order valence-electron chi connectivity index (χ4n) is 5.42. The summed E-state index contributed by atoms with van der Waals surface area (Å²) < 4.78 is 39.4. The Hall–Kier alpha value is -4.75. The van der Waals surface area contributed by atoms with Crippen molar-refractivity contribution in [2.45, 2.75) is 19.6 Å². The van der Waals surface area contributed by atoms with Gasteiger partial charge in [0.05, 0.1) is 46.2 Å². The summed E-state index contributed by atoms with van der Waals surface area (Å²) in [5.74, 6) is 0.629. The van der Waals surface area contributed by atoms with Crippen LogP contribution in [0.3, 0.4) is 0 Å². The topological polar surface area (TPSA) is 88.4 Å². The molecule has 0 fully saturated rings. The van der Waals surface area contributed by atoms with Gasteiger partial charge in [0, 0.05) is 11.1 Å². The minimum absolute atomic E-state index is 0.0227. The van der Waals surface area contributed by atoms with Crippen molar-refractivity contribution in [3.8, 4) is 17.2 Å². The predicted molar refractivity (Wildman–Crippen MR) is 190 cm³/mol. The number of esters is 1. The summed E-state index contributed by atoms with van der Waals surface area (Å²) in [4.78, 5) is 33.3. The lowest BCUT2D eigenvalue weighted by atomic mass is 9.93. The molecule has 4 aromatic carbocycles. The molecule has 0 aliphatic carbocycles. The van der Waals surface area contributed by atoms with E-state index in [1.807, 2.05) is 48.5 Å². The maximum absolute atomic E-state index is 14.3. The first-order valence-corrected chi connectivity index (χ1v) is 16.9.